The topological polar surface area (TPSA) is 21.3 Å². The molecule has 0 bridgehead atoms. The molecule has 2 aliphatic rings. The minimum absolute atomic E-state index is 0.171. The Labute approximate surface area is 94.8 Å². The summed E-state index contributed by atoms with van der Waals surface area (Å²) < 4.78 is 19.3. The molecular formula is C13H16FNO. The highest BCUT2D eigenvalue weighted by Gasteiger charge is 2.26. The van der Waals surface area contributed by atoms with Gasteiger partial charge >= 0.3 is 0 Å². The maximum Gasteiger partial charge on any atom is 0.127 e. The first kappa shape index (κ1) is 10.1. The lowest BCUT2D eigenvalue weighted by Crippen LogP contribution is -2.50. The van der Waals surface area contributed by atoms with E-state index in [0.717, 1.165) is 37.2 Å². The minimum atomic E-state index is -0.171. The van der Waals surface area contributed by atoms with Crippen LogP contribution in [0.5, 0.6) is 5.75 Å². The molecule has 1 N–H and O–H groups in total. The summed E-state index contributed by atoms with van der Waals surface area (Å²) in [5.41, 5.74) is 2.36. The van der Waals surface area contributed by atoms with Gasteiger partial charge in [-0.15, -0.1) is 0 Å². The Morgan fingerprint density at radius 1 is 1.38 bits per heavy atom. The number of rotatable bonds is 2. The van der Waals surface area contributed by atoms with Crippen molar-refractivity contribution in [3.8, 4) is 5.75 Å². The summed E-state index contributed by atoms with van der Waals surface area (Å²) in [7, 11) is 0. The largest absolute Gasteiger partial charge is 0.487 e. The monoisotopic (exact) mass is 221 g/mol. The minimum Gasteiger partial charge on any atom is -0.487 e. The van der Waals surface area contributed by atoms with E-state index in [4.69, 9.17) is 4.74 Å². The van der Waals surface area contributed by atoms with Gasteiger partial charge < -0.3 is 10.1 Å². The standard InChI is InChI=1S/C13H16FNO/c1-8-2-3-11-12(8)4-9(14)5-13(11)16-10-6-15-7-10/h4-5,8,10,15H,2-3,6-7H2,1H3. The molecule has 1 aliphatic carbocycles. The highest BCUT2D eigenvalue weighted by atomic mass is 19.1. The molecule has 1 atom stereocenters. The number of ether oxygens (including phenoxy) is 1. The van der Waals surface area contributed by atoms with Crippen molar-refractivity contribution in [1.29, 1.82) is 0 Å². The average molecular weight is 221 g/mol. The van der Waals surface area contributed by atoms with Crippen molar-refractivity contribution in [2.24, 2.45) is 0 Å². The molecule has 3 heteroatoms. The normalized spacial score (nSPS) is 24.0. The van der Waals surface area contributed by atoms with Crippen LogP contribution in [0.2, 0.25) is 0 Å². The summed E-state index contributed by atoms with van der Waals surface area (Å²) in [6, 6.07) is 3.20. The second-order valence-corrected chi connectivity index (χ2v) is 4.81. The van der Waals surface area contributed by atoms with E-state index in [1.165, 1.54) is 11.6 Å². The molecule has 0 radical (unpaired) electrons. The Bertz CT molecular complexity index is 415. The molecule has 86 valence electrons. The van der Waals surface area contributed by atoms with Crippen LogP contribution in [0.15, 0.2) is 12.1 Å². The second kappa shape index (κ2) is 3.74. The average Bonchev–Trinajstić information content (AvgIpc) is 2.54. The van der Waals surface area contributed by atoms with Gasteiger partial charge in [0, 0.05) is 19.2 Å². The third-order valence-corrected chi connectivity index (χ3v) is 3.60. The van der Waals surface area contributed by atoms with E-state index in [0.29, 0.717) is 5.92 Å². The fourth-order valence-electron chi connectivity index (χ4n) is 2.49. The SMILES string of the molecule is CC1CCc2c(OC3CNC3)cc(F)cc21. The summed E-state index contributed by atoms with van der Waals surface area (Å²) in [6.07, 6.45) is 2.35. The first-order valence-corrected chi connectivity index (χ1v) is 5.93. The fourth-order valence-corrected chi connectivity index (χ4v) is 2.49. The van der Waals surface area contributed by atoms with Crippen LogP contribution in [0.25, 0.3) is 0 Å². The molecule has 1 aromatic rings. The van der Waals surface area contributed by atoms with Gasteiger partial charge in [0.15, 0.2) is 0 Å². The van der Waals surface area contributed by atoms with Gasteiger partial charge in [-0.2, -0.15) is 0 Å². The summed E-state index contributed by atoms with van der Waals surface area (Å²) >= 11 is 0. The molecule has 1 saturated heterocycles. The lowest BCUT2D eigenvalue weighted by Gasteiger charge is -2.28. The zero-order valence-electron chi connectivity index (χ0n) is 9.42. The quantitative estimate of drug-likeness (QED) is 0.826. The van der Waals surface area contributed by atoms with E-state index in [-0.39, 0.29) is 11.9 Å². The zero-order valence-corrected chi connectivity index (χ0v) is 9.42. The molecule has 1 aliphatic heterocycles. The molecule has 2 nitrogen and oxygen atoms in total. The third-order valence-electron chi connectivity index (χ3n) is 3.60. The third kappa shape index (κ3) is 1.59. The number of fused-ring (bicyclic) bond motifs is 1. The van der Waals surface area contributed by atoms with Crippen molar-refractivity contribution < 1.29 is 9.13 Å². The smallest absolute Gasteiger partial charge is 0.127 e. The summed E-state index contributed by atoms with van der Waals surface area (Å²) in [4.78, 5) is 0. The molecule has 1 aromatic carbocycles. The maximum atomic E-state index is 13.5. The van der Waals surface area contributed by atoms with Crippen LogP contribution in [0, 0.1) is 5.82 Å². The van der Waals surface area contributed by atoms with Crippen LogP contribution < -0.4 is 10.1 Å². The first-order chi connectivity index (χ1) is 7.74. The molecule has 0 aromatic heterocycles. The van der Waals surface area contributed by atoms with Gasteiger partial charge in [0.05, 0.1) is 0 Å². The van der Waals surface area contributed by atoms with Gasteiger partial charge in [0.1, 0.15) is 17.7 Å². The van der Waals surface area contributed by atoms with Crippen LogP contribution in [0.3, 0.4) is 0 Å². The maximum absolute atomic E-state index is 13.5. The highest BCUT2D eigenvalue weighted by Crippen LogP contribution is 2.39. The van der Waals surface area contributed by atoms with Crippen LogP contribution in [0.4, 0.5) is 4.39 Å². The van der Waals surface area contributed by atoms with Crippen molar-refractivity contribution >= 4 is 0 Å². The summed E-state index contributed by atoms with van der Waals surface area (Å²) in [6.45, 7) is 3.90. The van der Waals surface area contributed by atoms with Gasteiger partial charge in [-0.05, 0) is 36.0 Å². The van der Waals surface area contributed by atoms with Crippen molar-refractivity contribution in [2.45, 2.75) is 31.8 Å². The van der Waals surface area contributed by atoms with Crippen molar-refractivity contribution in [2.75, 3.05) is 13.1 Å². The van der Waals surface area contributed by atoms with Gasteiger partial charge in [-0.1, -0.05) is 6.92 Å². The van der Waals surface area contributed by atoms with Crippen LogP contribution >= 0.6 is 0 Å². The summed E-state index contributed by atoms with van der Waals surface area (Å²) in [5.74, 6) is 1.06. The van der Waals surface area contributed by atoms with Crippen LogP contribution in [-0.4, -0.2) is 19.2 Å². The Kier molecular flexibility index (Phi) is 2.36. The Hall–Kier alpha value is -1.09. The first-order valence-electron chi connectivity index (χ1n) is 5.93. The van der Waals surface area contributed by atoms with Crippen molar-refractivity contribution in [3.63, 3.8) is 0 Å². The Morgan fingerprint density at radius 3 is 2.88 bits per heavy atom. The molecule has 0 saturated carbocycles. The number of nitrogens with one attached hydrogen (secondary N) is 1. The van der Waals surface area contributed by atoms with Gasteiger partial charge in [-0.3, -0.25) is 0 Å². The van der Waals surface area contributed by atoms with E-state index >= 15 is 0 Å². The molecule has 1 unspecified atom stereocenters. The van der Waals surface area contributed by atoms with Crippen molar-refractivity contribution in [3.05, 3.63) is 29.1 Å². The van der Waals surface area contributed by atoms with Crippen molar-refractivity contribution in [1.82, 2.24) is 5.32 Å². The number of benzene rings is 1. The molecular weight excluding hydrogens is 205 g/mol. The molecule has 3 rings (SSSR count). The van der Waals surface area contributed by atoms with Gasteiger partial charge in [0.25, 0.3) is 0 Å². The fraction of sp³-hybridized carbons (Fsp3) is 0.538. The molecule has 1 fully saturated rings. The molecule has 16 heavy (non-hydrogen) atoms. The van der Waals surface area contributed by atoms with E-state index < -0.39 is 0 Å². The van der Waals surface area contributed by atoms with Gasteiger partial charge in [0.2, 0.25) is 0 Å². The number of halogens is 1. The van der Waals surface area contributed by atoms with E-state index in [9.17, 15) is 4.39 Å². The molecule has 1 heterocycles. The summed E-state index contributed by atoms with van der Waals surface area (Å²) in [5, 5.41) is 3.15. The van der Waals surface area contributed by atoms with E-state index in [2.05, 4.69) is 12.2 Å². The van der Waals surface area contributed by atoms with Gasteiger partial charge in [-0.25, -0.2) is 4.39 Å². The molecule has 0 spiro atoms. The Balaban J connectivity index is 1.94. The highest BCUT2D eigenvalue weighted by molar-refractivity contribution is 5.45. The van der Waals surface area contributed by atoms with E-state index in [1.54, 1.807) is 6.07 Å². The predicted octanol–water partition coefficient (Wildman–Crippen LogP) is 2.23. The Morgan fingerprint density at radius 2 is 2.19 bits per heavy atom. The van der Waals surface area contributed by atoms with E-state index in [1.807, 2.05) is 0 Å². The number of hydrogen-bond acceptors (Lipinski definition) is 2. The second-order valence-electron chi connectivity index (χ2n) is 4.81. The predicted molar refractivity (Wildman–Crippen MR) is 60.4 cm³/mol. The van der Waals surface area contributed by atoms with Crippen LogP contribution in [-0.2, 0) is 6.42 Å². The zero-order chi connectivity index (χ0) is 11.1. The lowest BCUT2D eigenvalue weighted by atomic mass is 10.0. The van der Waals surface area contributed by atoms with Crippen LogP contribution in [0.1, 0.15) is 30.4 Å². The molecule has 0 amide bonds. The number of hydrogen-bond donors (Lipinski definition) is 1. The lowest BCUT2D eigenvalue weighted by molar-refractivity contribution is 0.140.